The molecule has 0 aromatic heterocycles. The van der Waals surface area contributed by atoms with E-state index in [1.807, 2.05) is 12.1 Å². The smallest absolute Gasteiger partial charge is 0.0579 e. The monoisotopic (exact) mass is 146 g/mol. The predicted octanol–water partition coefficient (Wildman–Crippen LogP) is 2.02. The number of nitrogens with one attached hydrogen (secondary N) is 1. The van der Waals surface area contributed by atoms with Crippen LogP contribution in [0.25, 0.3) is 0 Å². The van der Waals surface area contributed by atoms with Gasteiger partial charge in [0.2, 0.25) is 0 Å². The molecule has 2 nitrogen and oxygen atoms in total. The lowest BCUT2D eigenvalue weighted by Crippen LogP contribution is -1.94. The third-order valence-corrected chi connectivity index (χ3v) is 1.27. The molecule has 0 atom stereocenters. The molecule has 0 bridgehead atoms. The van der Waals surface area contributed by atoms with Crippen LogP contribution in [0.1, 0.15) is 0 Å². The van der Waals surface area contributed by atoms with Gasteiger partial charge in [-0.15, -0.1) is 6.58 Å². The molecule has 0 spiro atoms. The van der Waals surface area contributed by atoms with Crippen LogP contribution in [0.3, 0.4) is 0 Å². The Bertz CT molecular complexity index is 226. The van der Waals surface area contributed by atoms with Crippen molar-refractivity contribution in [2.75, 3.05) is 6.54 Å². The third kappa shape index (κ3) is 2.34. The zero-order valence-corrected chi connectivity index (χ0v) is 6.25. The molecule has 0 aliphatic heterocycles. The second-order valence-electron chi connectivity index (χ2n) is 2.18. The van der Waals surface area contributed by atoms with E-state index in [-0.39, 0.29) is 0 Å². The van der Waals surface area contributed by atoms with Crippen molar-refractivity contribution in [1.29, 1.82) is 0 Å². The molecule has 56 valence electrons. The van der Waals surface area contributed by atoms with Crippen LogP contribution >= 0.6 is 0 Å². The van der Waals surface area contributed by atoms with Gasteiger partial charge in [0.1, 0.15) is 0 Å². The highest BCUT2D eigenvalue weighted by atomic mass is 14.8. The first-order chi connectivity index (χ1) is 5.33. The lowest BCUT2D eigenvalue weighted by molar-refractivity contribution is 0.979. The van der Waals surface area contributed by atoms with Crippen molar-refractivity contribution in [3.05, 3.63) is 36.9 Å². The Morgan fingerprint density at radius 1 is 1.36 bits per heavy atom. The normalized spacial score (nSPS) is 9.09. The van der Waals surface area contributed by atoms with Gasteiger partial charge < -0.3 is 5.73 Å². The van der Waals surface area contributed by atoms with Crippen LogP contribution in [0, 0.1) is 0 Å². The second kappa shape index (κ2) is 3.66. The first-order valence-electron chi connectivity index (χ1n) is 3.43. The average Bonchev–Trinajstić information content (AvgIpc) is 2.04. The number of hydrogen-bond donors (Lipinski definition) is 0. The van der Waals surface area contributed by atoms with Crippen molar-refractivity contribution >= 4 is 11.4 Å². The molecule has 1 N–H and O–H groups in total. The molecule has 0 aliphatic carbocycles. The summed E-state index contributed by atoms with van der Waals surface area (Å²) in [6.07, 6.45) is 1.74. The van der Waals surface area contributed by atoms with E-state index in [1.54, 1.807) is 18.2 Å². The molecule has 1 aromatic rings. The molecule has 1 aromatic carbocycles. The summed E-state index contributed by atoms with van der Waals surface area (Å²) >= 11 is 0. The second-order valence-corrected chi connectivity index (χ2v) is 2.18. The Labute approximate surface area is 66.7 Å². The largest absolute Gasteiger partial charge is 0.301 e. The lowest BCUT2D eigenvalue weighted by atomic mass is 10.3. The maximum absolute atomic E-state index is 7.21. The molecule has 2 heteroatoms. The topological polar surface area (TPSA) is 37.9 Å². The quantitative estimate of drug-likeness (QED) is 0.585. The van der Waals surface area contributed by atoms with E-state index in [0.29, 0.717) is 12.2 Å². The van der Waals surface area contributed by atoms with Gasteiger partial charge >= 0.3 is 0 Å². The number of rotatable bonds is 3. The minimum Gasteiger partial charge on any atom is -0.301 e. The SMILES string of the molecule is C=CC[N]c1ccc([NH])cc1. The first-order valence-corrected chi connectivity index (χ1v) is 3.43. The molecule has 0 fully saturated rings. The summed E-state index contributed by atoms with van der Waals surface area (Å²) < 4.78 is 0. The summed E-state index contributed by atoms with van der Waals surface area (Å²) in [6, 6.07) is 7.10. The fraction of sp³-hybridized carbons (Fsp3) is 0.111. The van der Waals surface area contributed by atoms with Crippen molar-refractivity contribution in [2.45, 2.75) is 0 Å². The Morgan fingerprint density at radius 3 is 2.55 bits per heavy atom. The maximum atomic E-state index is 7.21. The van der Waals surface area contributed by atoms with Crippen LogP contribution in [0.15, 0.2) is 36.9 Å². The van der Waals surface area contributed by atoms with Crippen LogP contribution in [0.4, 0.5) is 11.4 Å². The van der Waals surface area contributed by atoms with E-state index in [4.69, 9.17) is 5.73 Å². The van der Waals surface area contributed by atoms with Crippen LogP contribution in [-0.2, 0) is 0 Å². The van der Waals surface area contributed by atoms with Crippen LogP contribution in [-0.4, -0.2) is 6.54 Å². The summed E-state index contributed by atoms with van der Waals surface area (Å²) in [5.41, 5.74) is 8.63. The van der Waals surface area contributed by atoms with Gasteiger partial charge in [0.15, 0.2) is 0 Å². The van der Waals surface area contributed by atoms with Gasteiger partial charge in [-0.05, 0) is 24.3 Å². The van der Waals surface area contributed by atoms with E-state index in [0.717, 1.165) is 5.69 Å². The molecule has 0 heterocycles. The summed E-state index contributed by atoms with van der Waals surface area (Å²) in [5.74, 6) is 0. The molecule has 0 saturated heterocycles. The molecule has 0 saturated carbocycles. The van der Waals surface area contributed by atoms with Crippen LogP contribution < -0.4 is 11.1 Å². The fourth-order valence-corrected chi connectivity index (χ4v) is 0.737. The minimum atomic E-state index is 0.516. The van der Waals surface area contributed by atoms with Crippen molar-refractivity contribution in [2.24, 2.45) is 0 Å². The lowest BCUT2D eigenvalue weighted by Gasteiger charge is -1.98. The fourth-order valence-electron chi connectivity index (χ4n) is 0.737. The maximum Gasteiger partial charge on any atom is 0.0579 e. The van der Waals surface area contributed by atoms with E-state index < -0.39 is 0 Å². The molecular formula is C9H10N2. The van der Waals surface area contributed by atoms with Crippen molar-refractivity contribution in [3.8, 4) is 0 Å². The number of hydrogen-bond acceptors (Lipinski definition) is 0. The van der Waals surface area contributed by atoms with E-state index >= 15 is 0 Å². The van der Waals surface area contributed by atoms with Gasteiger partial charge in [-0.3, -0.25) is 5.32 Å². The molecule has 0 aliphatic rings. The molecule has 2 radical (unpaired) electrons. The Kier molecular flexibility index (Phi) is 2.55. The molecule has 11 heavy (non-hydrogen) atoms. The first kappa shape index (κ1) is 7.66. The van der Waals surface area contributed by atoms with Gasteiger partial charge in [0.25, 0.3) is 0 Å². The van der Waals surface area contributed by atoms with Crippen LogP contribution in [0.5, 0.6) is 0 Å². The number of benzene rings is 1. The van der Waals surface area contributed by atoms with Crippen molar-refractivity contribution in [1.82, 2.24) is 11.1 Å². The highest BCUT2D eigenvalue weighted by molar-refractivity contribution is 5.45. The van der Waals surface area contributed by atoms with Crippen LogP contribution in [0.2, 0.25) is 0 Å². The Morgan fingerprint density at radius 2 is 2.00 bits per heavy atom. The summed E-state index contributed by atoms with van der Waals surface area (Å²) in [5, 5.41) is 4.16. The summed E-state index contributed by atoms with van der Waals surface area (Å²) in [4.78, 5) is 0. The predicted molar refractivity (Wildman–Crippen MR) is 46.1 cm³/mol. The Hall–Kier alpha value is -1.44. The van der Waals surface area contributed by atoms with Crippen molar-refractivity contribution < 1.29 is 0 Å². The van der Waals surface area contributed by atoms with Gasteiger partial charge in [0.05, 0.1) is 17.9 Å². The Balaban J connectivity index is 2.58. The third-order valence-electron chi connectivity index (χ3n) is 1.27. The van der Waals surface area contributed by atoms with Gasteiger partial charge in [-0.2, -0.15) is 0 Å². The zero-order valence-electron chi connectivity index (χ0n) is 6.25. The molecule has 0 unspecified atom stereocenters. The molecule has 1 rings (SSSR count). The zero-order chi connectivity index (χ0) is 8.10. The number of nitrogens with zero attached hydrogens (tertiary/aromatic N) is 1. The average molecular weight is 146 g/mol. The van der Waals surface area contributed by atoms with Gasteiger partial charge in [-0.1, -0.05) is 6.08 Å². The van der Waals surface area contributed by atoms with E-state index in [2.05, 4.69) is 11.9 Å². The minimum absolute atomic E-state index is 0.516. The highest BCUT2D eigenvalue weighted by Crippen LogP contribution is 2.10. The summed E-state index contributed by atoms with van der Waals surface area (Å²) in [7, 11) is 0. The highest BCUT2D eigenvalue weighted by Gasteiger charge is 1.89. The van der Waals surface area contributed by atoms with E-state index in [1.165, 1.54) is 0 Å². The standard InChI is InChI=1S/C9H10N2/c1-2-7-11-9-5-3-8(10)4-6-9/h2-6,10H,1,7H2. The summed E-state index contributed by atoms with van der Waals surface area (Å²) in [6.45, 7) is 4.20. The molecule has 0 amide bonds. The van der Waals surface area contributed by atoms with E-state index in [9.17, 15) is 0 Å². The van der Waals surface area contributed by atoms with Gasteiger partial charge in [0, 0.05) is 0 Å². The molecular weight excluding hydrogens is 136 g/mol. The van der Waals surface area contributed by atoms with Gasteiger partial charge in [-0.25, -0.2) is 0 Å². The van der Waals surface area contributed by atoms with Crippen molar-refractivity contribution in [3.63, 3.8) is 0 Å².